The molecule has 2 aromatic rings. The van der Waals surface area contributed by atoms with Crippen LogP contribution in [0.5, 0.6) is 0 Å². The van der Waals surface area contributed by atoms with Crippen LogP contribution in [0.15, 0.2) is 47.1 Å². The maximum absolute atomic E-state index is 10.7. The highest BCUT2D eigenvalue weighted by Gasteiger charge is 2.11. The molecule has 0 amide bonds. The van der Waals surface area contributed by atoms with E-state index in [0.717, 1.165) is 5.56 Å². The van der Waals surface area contributed by atoms with E-state index in [-0.39, 0.29) is 5.76 Å². The van der Waals surface area contributed by atoms with Crippen LogP contribution in [-0.4, -0.2) is 11.1 Å². The quantitative estimate of drug-likeness (QED) is 0.738. The summed E-state index contributed by atoms with van der Waals surface area (Å²) in [4.78, 5) is 10.7. The number of rotatable bonds is 1. The van der Waals surface area contributed by atoms with Gasteiger partial charge in [-0.15, -0.1) is 0 Å². The highest BCUT2D eigenvalue weighted by atomic mass is 16.4. The summed E-state index contributed by atoms with van der Waals surface area (Å²) in [6.07, 6.45) is 1.32. The number of carboxylic acids is 1. The first-order valence-electron chi connectivity index (χ1n) is 4.65. The van der Waals surface area contributed by atoms with Crippen LogP contribution in [0.1, 0.15) is 21.7 Å². The second-order valence-electron chi connectivity index (χ2n) is 3.08. The Morgan fingerprint density at radius 3 is 2.56 bits per heavy atom. The molecule has 0 bridgehead atoms. The first-order valence-corrected chi connectivity index (χ1v) is 4.65. The van der Waals surface area contributed by atoms with Crippen LogP contribution >= 0.6 is 0 Å². The Morgan fingerprint density at radius 2 is 1.88 bits per heavy atom. The van der Waals surface area contributed by atoms with Gasteiger partial charge in [-0.3, -0.25) is 0 Å². The van der Waals surface area contributed by atoms with Gasteiger partial charge in [0.25, 0.3) is 0 Å². The van der Waals surface area contributed by atoms with Gasteiger partial charge in [-0.05, 0) is 18.2 Å². The summed E-state index contributed by atoms with van der Waals surface area (Å²) in [5.74, 6) is 4.40. The van der Waals surface area contributed by atoms with Gasteiger partial charge in [0, 0.05) is 5.56 Å². The molecule has 0 saturated heterocycles. The fourth-order valence-corrected chi connectivity index (χ4v) is 1.23. The van der Waals surface area contributed by atoms with Crippen molar-refractivity contribution in [1.82, 2.24) is 0 Å². The maximum atomic E-state index is 10.7. The molecule has 0 aliphatic carbocycles. The fraction of sp³-hybridized carbons (Fsp3) is 0. The van der Waals surface area contributed by atoms with Crippen molar-refractivity contribution in [2.45, 2.75) is 0 Å². The molecule has 0 atom stereocenters. The minimum atomic E-state index is -1.11. The average molecular weight is 212 g/mol. The van der Waals surface area contributed by atoms with Crippen LogP contribution in [-0.2, 0) is 0 Å². The molecule has 2 rings (SSSR count). The second kappa shape index (κ2) is 4.37. The monoisotopic (exact) mass is 212 g/mol. The standard InChI is InChI=1S/C13H8O3/c14-13(15)12-11(8-9-16-12)7-6-10-4-2-1-3-5-10/h1-5,8-9H,(H,14,15). The molecule has 1 N–H and O–H groups in total. The summed E-state index contributed by atoms with van der Waals surface area (Å²) < 4.78 is 4.81. The van der Waals surface area contributed by atoms with Crippen LogP contribution in [0.3, 0.4) is 0 Å². The summed E-state index contributed by atoms with van der Waals surface area (Å²) >= 11 is 0. The summed E-state index contributed by atoms with van der Waals surface area (Å²) in [5, 5.41) is 8.79. The normalized spacial score (nSPS) is 9.25. The number of benzene rings is 1. The van der Waals surface area contributed by atoms with E-state index in [1.54, 1.807) is 6.07 Å². The predicted octanol–water partition coefficient (Wildman–Crippen LogP) is 2.38. The predicted molar refractivity (Wildman–Crippen MR) is 58.1 cm³/mol. The third kappa shape index (κ3) is 2.12. The molecule has 3 nitrogen and oxygen atoms in total. The largest absolute Gasteiger partial charge is 0.475 e. The van der Waals surface area contributed by atoms with Crippen molar-refractivity contribution in [2.75, 3.05) is 0 Å². The summed E-state index contributed by atoms with van der Waals surface area (Å²) in [7, 11) is 0. The van der Waals surface area contributed by atoms with Crippen molar-refractivity contribution >= 4 is 5.97 Å². The molecule has 0 radical (unpaired) electrons. The lowest BCUT2D eigenvalue weighted by molar-refractivity contribution is 0.0662. The highest BCUT2D eigenvalue weighted by Crippen LogP contribution is 2.09. The van der Waals surface area contributed by atoms with E-state index >= 15 is 0 Å². The van der Waals surface area contributed by atoms with Crippen molar-refractivity contribution < 1.29 is 14.3 Å². The molecule has 0 fully saturated rings. The average Bonchev–Trinajstić information content (AvgIpc) is 2.76. The lowest BCUT2D eigenvalue weighted by atomic mass is 10.2. The number of carbonyl (C=O) groups is 1. The molecule has 3 heteroatoms. The van der Waals surface area contributed by atoms with E-state index in [0.29, 0.717) is 5.56 Å². The van der Waals surface area contributed by atoms with Gasteiger partial charge in [-0.1, -0.05) is 30.0 Å². The van der Waals surface area contributed by atoms with Crippen molar-refractivity contribution in [1.29, 1.82) is 0 Å². The smallest absolute Gasteiger partial charge is 0.373 e. The maximum Gasteiger partial charge on any atom is 0.373 e. The minimum absolute atomic E-state index is 0.122. The Bertz CT molecular complexity index is 556. The zero-order chi connectivity index (χ0) is 11.4. The van der Waals surface area contributed by atoms with Gasteiger partial charge in [0.2, 0.25) is 5.76 Å². The van der Waals surface area contributed by atoms with Gasteiger partial charge in [-0.2, -0.15) is 0 Å². The second-order valence-corrected chi connectivity index (χ2v) is 3.08. The lowest BCUT2D eigenvalue weighted by Gasteiger charge is -1.88. The number of carboxylic acid groups (broad SMARTS) is 1. The minimum Gasteiger partial charge on any atom is -0.475 e. The van der Waals surface area contributed by atoms with Crippen molar-refractivity contribution in [3.8, 4) is 11.8 Å². The molecule has 1 aromatic heterocycles. The molecule has 0 spiro atoms. The van der Waals surface area contributed by atoms with E-state index in [4.69, 9.17) is 9.52 Å². The Kier molecular flexibility index (Phi) is 2.75. The van der Waals surface area contributed by atoms with Gasteiger partial charge < -0.3 is 9.52 Å². The van der Waals surface area contributed by atoms with Gasteiger partial charge in [0.1, 0.15) is 0 Å². The Balaban J connectivity index is 2.31. The van der Waals surface area contributed by atoms with Crippen molar-refractivity contribution in [3.05, 3.63) is 59.5 Å². The lowest BCUT2D eigenvalue weighted by Crippen LogP contribution is -1.95. The number of hydrogen-bond acceptors (Lipinski definition) is 2. The van der Waals surface area contributed by atoms with E-state index in [1.165, 1.54) is 6.26 Å². The molecule has 1 heterocycles. The fourth-order valence-electron chi connectivity index (χ4n) is 1.23. The molecular formula is C13H8O3. The van der Waals surface area contributed by atoms with Gasteiger partial charge in [0.05, 0.1) is 11.8 Å². The molecule has 0 aliphatic rings. The van der Waals surface area contributed by atoms with Gasteiger partial charge in [0.15, 0.2) is 0 Å². The summed E-state index contributed by atoms with van der Waals surface area (Å²) in [5.41, 5.74) is 1.22. The number of aromatic carboxylic acids is 1. The molecule has 0 aliphatic heterocycles. The van der Waals surface area contributed by atoms with Crippen LogP contribution < -0.4 is 0 Å². The van der Waals surface area contributed by atoms with Crippen LogP contribution in [0.2, 0.25) is 0 Å². The first-order chi connectivity index (χ1) is 7.77. The molecule has 1 aromatic carbocycles. The molecule has 16 heavy (non-hydrogen) atoms. The topological polar surface area (TPSA) is 50.4 Å². The van der Waals surface area contributed by atoms with E-state index < -0.39 is 5.97 Å². The third-order valence-corrected chi connectivity index (χ3v) is 1.97. The molecular weight excluding hydrogens is 204 g/mol. The Labute approximate surface area is 92.3 Å². The highest BCUT2D eigenvalue weighted by molar-refractivity contribution is 5.87. The van der Waals surface area contributed by atoms with Gasteiger partial charge in [-0.25, -0.2) is 4.79 Å². The third-order valence-electron chi connectivity index (χ3n) is 1.97. The van der Waals surface area contributed by atoms with Crippen LogP contribution in [0, 0.1) is 11.8 Å². The zero-order valence-corrected chi connectivity index (χ0v) is 8.31. The van der Waals surface area contributed by atoms with Gasteiger partial charge >= 0.3 is 5.97 Å². The van der Waals surface area contributed by atoms with E-state index in [9.17, 15) is 4.79 Å². The Hall–Kier alpha value is -2.47. The number of hydrogen-bond donors (Lipinski definition) is 1. The van der Waals surface area contributed by atoms with Crippen molar-refractivity contribution in [2.24, 2.45) is 0 Å². The van der Waals surface area contributed by atoms with Crippen LogP contribution in [0.25, 0.3) is 0 Å². The van der Waals surface area contributed by atoms with Crippen molar-refractivity contribution in [3.63, 3.8) is 0 Å². The number of furan rings is 1. The summed E-state index contributed by atoms with van der Waals surface area (Å²) in [6, 6.07) is 10.9. The molecule has 0 unspecified atom stereocenters. The van der Waals surface area contributed by atoms with Crippen LogP contribution in [0.4, 0.5) is 0 Å². The zero-order valence-electron chi connectivity index (χ0n) is 8.31. The summed E-state index contributed by atoms with van der Waals surface area (Å²) in [6.45, 7) is 0. The molecule has 0 saturated carbocycles. The molecule has 78 valence electrons. The SMILES string of the molecule is O=C(O)c1occc1C#Cc1ccccc1. The van der Waals surface area contributed by atoms with E-state index in [2.05, 4.69) is 11.8 Å². The first kappa shape index (κ1) is 10.1. The Morgan fingerprint density at radius 1 is 1.12 bits per heavy atom. The van der Waals surface area contributed by atoms with E-state index in [1.807, 2.05) is 30.3 Å².